The van der Waals surface area contributed by atoms with E-state index in [1.165, 1.54) is 0 Å². The summed E-state index contributed by atoms with van der Waals surface area (Å²) in [6.45, 7) is 6.62. The van der Waals surface area contributed by atoms with Crippen molar-refractivity contribution >= 4 is 18.6 Å². The highest BCUT2D eigenvalue weighted by Gasteiger charge is 2.24. The molecule has 1 aliphatic heterocycles. The normalized spacial score (nSPS) is 17.0. The molecule has 1 N–H and O–H groups in total. The molecule has 1 amide bonds. The van der Waals surface area contributed by atoms with E-state index in [4.69, 9.17) is 5.11 Å². The molecule has 0 fully saturated rings. The standard InChI is InChI=1S/C11H14N2O3/c1-3-8-5-4-6-9(14)13(7-10(15)16)11(8)12-2/h3H,1-2,4-7H2,(H,15,16). The molecule has 5 nitrogen and oxygen atoms in total. The fraction of sp³-hybridized carbons (Fsp3) is 0.364. The number of nitrogens with zero attached hydrogens (tertiary/aromatic N) is 2. The highest BCUT2D eigenvalue weighted by Crippen LogP contribution is 2.23. The summed E-state index contributed by atoms with van der Waals surface area (Å²) in [4.78, 5) is 27.3. The van der Waals surface area contributed by atoms with Crippen molar-refractivity contribution < 1.29 is 14.7 Å². The van der Waals surface area contributed by atoms with Gasteiger partial charge in [-0.05, 0) is 25.1 Å². The molecular formula is C11H14N2O3. The van der Waals surface area contributed by atoms with Crippen molar-refractivity contribution in [1.29, 1.82) is 0 Å². The van der Waals surface area contributed by atoms with Crippen LogP contribution in [0.5, 0.6) is 0 Å². The maximum atomic E-state index is 11.7. The number of carbonyl (C=O) groups excluding carboxylic acids is 1. The second-order valence-corrected chi connectivity index (χ2v) is 3.44. The minimum Gasteiger partial charge on any atom is -0.480 e. The van der Waals surface area contributed by atoms with Crippen molar-refractivity contribution in [2.45, 2.75) is 19.3 Å². The third-order valence-corrected chi connectivity index (χ3v) is 2.37. The van der Waals surface area contributed by atoms with Crippen LogP contribution in [0.2, 0.25) is 0 Å². The molecule has 1 heterocycles. The first-order valence-electron chi connectivity index (χ1n) is 4.94. The van der Waals surface area contributed by atoms with Gasteiger partial charge in [0.15, 0.2) is 0 Å². The van der Waals surface area contributed by atoms with Crippen LogP contribution < -0.4 is 0 Å². The topological polar surface area (TPSA) is 70.0 Å². The van der Waals surface area contributed by atoms with Gasteiger partial charge in [0.25, 0.3) is 0 Å². The number of hydrogen-bond donors (Lipinski definition) is 1. The highest BCUT2D eigenvalue weighted by molar-refractivity contribution is 5.83. The van der Waals surface area contributed by atoms with E-state index in [9.17, 15) is 9.59 Å². The molecule has 0 atom stereocenters. The fourth-order valence-corrected chi connectivity index (χ4v) is 1.65. The predicted octanol–water partition coefficient (Wildman–Crippen LogP) is 1.18. The minimum atomic E-state index is -1.07. The molecular weight excluding hydrogens is 208 g/mol. The Labute approximate surface area is 93.8 Å². The van der Waals surface area contributed by atoms with Crippen LogP contribution in [0.3, 0.4) is 0 Å². The van der Waals surface area contributed by atoms with Gasteiger partial charge >= 0.3 is 5.97 Å². The van der Waals surface area contributed by atoms with Gasteiger partial charge in [-0.1, -0.05) is 12.7 Å². The number of aliphatic carboxylic acids is 1. The lowest BCUT2D eigenvalue weighted by atomic mass is 10.1. The quantitative estimate of drug-likeness (QED) is 0.726. The lowest BCUT2D eigenvalue weighted by molar-refractivity contribution is -0.143. The van der Waals surface area contributed by atoms with Gasteiger partial charge in [-0.3, -0.25) is 14.5 Å². The van der Waals surface area contributed by atoms with E-state index in [2.05, 4.69) is 18.3 Å². The maximum Gasteiger partial charge on any atom is 0.323 e. The van der Waals surface area contributed by atoms with Crippen LogP contribution in [0.1, 0.15) is 19.3 Å². The first-order valence-corrected chi connectivity index (χ1v) is 4.94. The van der Waals surface area contributed by atoms with Crippen LogP contribution in [0, 0.1) is 0 Å². The van der Waals surface area contributed by atoms with Crippen molar-refractivity contribution in [2.24, 2.45) is 4.99 Å². The first kappa shape index (κ1) is 12.2. The zero-order valence-corrected chi connectivity index (χ0v) is 8.98. The Morgan fingerprint density at radius 1 is 1.56 bits per heavy atom. The van der Waals surface area contributed by atoms with E-state index in [1.807, 2.05) is 0 Å². The SMILES string of the molecule is C=CC1=C(N=C)N(CC(=O)O)C(=O)CCC1. The molecule has 0 saturated carbocycles. The molecule has 5 heteroatoms. The van der Waals surface area contributed by atoms with Gasteiger partial charge in [0.05, 0.1) is 0 Å². The van der Waals surface area contributed by atoms with E-state index < -0.39 is 5.97 Å². The zero-order valence-electron chi connectivity index (χ0n) is 8.98. The van der Waals surface area contributed by atoms with Crippen LogP contribution in [0.25, 0.3) is 0 Å². The Kier molecular flexibility index (Phi) is 3.99. The average Bonchev–Trinajstić information content (AvgIpc) is 2.38. The van der Waals surface area contributed by atoms with E-state index in [-0.39, 0.29) is 12.5 Å². The summed E-state index contributed by atoms with van der Waals surface area (Å²) in [7, 11) is 0. The van der Waals surface area contributed by atoms with Crippen molar-refractivity contribution in [3.8, 4) is 0 Å². The second kappa shape index (κ2) is 5.25. The number of carboxylic acids is 1. The Bertz CT molecular complexity index is 371. The zero-order chi connectivity index (χ0) is 12.1. The molecule has 0 spiro atoms. The third-order valence-electron chi connectivity index (χ3n) is 2.37. The predicted molar refractivity (Wildman–Crippen MR) is 60.0 cm³/mol. The molecule has 0 bridgehead atoms. The van der Waals surface area contributed by atoms with Gasteiger partial charge in [0.2, 0.25) is 5.91 Å². The molecule has 16 heavy (non-hydrogen) atoms. The van der Waals surface area contributed by atoms with Gasteiger partial charge in [-0.25, -0.2) is 4.99 Å². The molecule has 0 radical (unpaired) electrons. The largest absolute Gasteiger partial charge is 0.480 e. The summed E-state index contributed by atoms with van der Waals surface area (Å²) in [5.41, 5.74) is 0.766. The van der Waals surface area contributed by atoms with Crippen molar-refractivity contribution in [1.82, 2.24) is 4.90 Å². The monoisotopic (exact) mass is 222 g/mol. The number of aliphatic imine (C=N–C) groups is 1. The van der Waals surface area contributed by atoms with Crippen molar-refractivity contribution in [2.75, 3.05) is 6.54 Å². The minimum absolute atomic E-state index is 0.235. The maximum absolute atomic E-state index is 11.7. The van der Waals surface area contributed by atoms with E-state index in [1.54, 1.807) is 6.08 Å². The van der Waals surface area contributed by atoms with Gasteiger partial charge in [0.1, 0.15) is 12.4 Å². The molecule has 0 aliphatic carbocycles. The Balaban J connectivity index is 3.12. The first-order chi connectivity index (χ1) is 7.60. The van der Waals surface area contributed by atoms with Gasteiger partial charge < -0.3 is 5.11 Å². The number of carboxylic acid groups (broad SMARTS) is 1. The van der Waals surface area contributed by atoms with Crippen LogP contribution >= 0.6 is 0 Å². The van der Waals surface area contributed by atoms with Gasteiger partial charge in [-0.15, -0.1) is 0 Å². The molecule has 1 rings (SSSR count). The van der Waals surface area contributed by atoms with E-state index in [0.717, 1.165) is 10.5 Å². The lowest BCUT2D eigenvalue weighted by Gasteiger charge is -2.20. The highest BCUT2D eigenvalue weighted by atomic mass is 16.4. The smallest absolute Gasteiger partial charge is 0.323 e. The number of amides is 1. The second-order valence-electron chi connectivity index (χ2n) is 3.44. The average molecular weight is 222 g/mol. The Morgan fingerprint density at radius 3 is 2.75 bits per heavy atom. The van der Waals surface area contributed by atoms with Crippen LogP contribution in [-0.4, -0.2) is 35.1 Å². The van der Waals surface area contributed by atoms with Crippen LogP contribution in [0.15, 0.2) is 29.0 Å². The number of allylic oxidation sites excluding steroid dienone is 2. The Morgan fingerprint density at radius 2 is 2.25 bits per heavy atom. The van der Waals surface area contributed by atoms with E-state index in [0.29, 0.717) is 25.1 Å². The van der Waals surface area contributed by atoms with E-state index >= 15 is 0 Å². The number of hydrogen-bond acceptors (Lipinski definition) is 3. The summed E-state index contributed by atoms with van der Waals surface area (Å²) in [5.74, 6) is -0.985. The Hall–Kier alpha value is -1.91. The molecule has 0 saturated heterocycles. The number of carbonyl (C=O) groups is 2. The third kappa shape index (κ3) is 2.56. The summed E-state index contributed by atoms with van der Waals surface area (Å²) in [6.07, 6.45) is 3.26. The van der Waals surface area contributed by atoms with Crippen LogP contribution in [-0.2, 0) is 9.59 Å². The van der Waals surface area contributed by atoms with Crippen LogP contribution in [0.4, 0.5) is 0 Å². The van der Waals surface area contributed by atoms with Gasteiger partial charge in [-0.2, -0.15) is 0 Å². The molecule has 0 aromatic heterocycles. The fourth-order valence-electron chi connectivity index (χ4n) is 1.65. The van der Waals surface area contributed by atoms with Crippen molar-refractivity contribution in [3.05, 3.63) is 24.0 Å². The summed E-state index contributed by atoms with van der Waals surface area (Å²) >= 11 is 0. The van der Waals surface area contributed by atoms with Crippen molar-refractivity contribution in [3.63, 3.8) is 0 Å². The number of rotatable bonds is 4. The van der Waals surface area contributed by atoms with Gasteiger partial charge in [0, 0.05) is 6.42 Å². The molecule has 0 aromatic rings. The molecule has 0 aromatic carbocycles. The summed E-state index contributed by atoms with van der Waals surface area (Å²) < 4.78 is 0. The molecule has 86 valence electrons. The molecule has 0 unspecified atom stereocenters. The summed E-state index contributed by atoms with van der Waals surface area (Å²) in [6, 6.07) is 0. The lowest BCUT2D eigenvalue weighted by Crippen LogP contribution is -2.34. The molecule has 1 aliphatic rings. The summed E-state index contributed by atoms with van der Waals surface area (Å²) in [5, 5.41) is 8.74.